The van der Waals surface area contributed by atoms with Crippen LogP contribution in [-0.2, 0) is 18.3 Å². The number of nitrogens with zero attached hydrogens (tertiary/aromatic N) is 2. The van der Waals surface area contributed by atoms with Crippen molar-refractivity contribution in [3.63, 3.8) is 0 Å². The highest BCUT2D eigenvalue weighted by atomic mass is 16.5. The lowest BCUT2D eigenvalue weighted by Crippen LogP contribution is -2.16. The van der Waals surface area contributed by atoms with Crippen LogP contribution in [0.3, 0.4) is 0 Å². The molecule has 0 saturated carbocycles. The minimum Gasteiger partial charge on any atom is -0.426 e. The molecule has 4 rings (SSSR count). The van der Waals surface area contributed by atoms with Gasteiger partial charge in [0.25, 0.3) is 0 Å². The van der Waals surface area contributed by atoms with E-state index in [0.29, 0.717) is 12.2 Å². The van der Waals surface area contributed by atoms with E-state index in [1.165, 1.54) is 5.56 Å². The first-order valence-electron chi connectivity index (χ1n) is 7.38. The van der Waals surface area contributed by atoms with E-state index in [1.807, 2.05) is 30.9 Å². The highest BCUT2D eigenvalue weighted by Crippen LogP contribution is 2.34. The number of ether oxygens (including phenoxy) is 1. The maximum Gasteiger partial charge on any atom is 0.311 e. The van der Waals surface area contributed by atoms with E-state index in [0.717, 1.165) is 34.0 Å². The Balaban J connectivity index is 1.85. The molecule has 3 aromatic rings. The van der Waals surface area contributed by atoms with Crippen LogP contribution in [0.25, 0.3) is 22.0 Å². The molecule has 0 fully saturated rings. The molecule has 4 heteroatoms. The minimum absolute atomic E-state index is 0.142. The first-order valence-corrected chi connectivity index (χ1v) is 7.38. The van der Waals surface area contributed by atoms with E-state index >= 15 is 0 Å². The van der Waals surface area contributed by atoms with Gasteiger partial charge in [-0.05, 0) is 59.9 Å². The highest BCUT2D eigenvalue weighted by Gasteiger charge is 2.19. The fraction of sp³-hybridized carbons (Fsp3) is 0.222. The van der Waals surface area contributed by atoms with Gasteiger partial charge in [0.2, 0.25) is 0 Å². The summed E-state index contributed by atoms with van der Waals surface area (Å²) in [5, 5.41) is 5.42. The molecular formula is C18H16N2O2. The molecule has 0 saturated heterocycles. The van der Waals surface area contributed by atoms with Crippen molar-refractivity contribution < 1.29 is 9.53 Å². The molecule has 1 aromatic heterocycles. The van der Waals surface area contributed by atoms with Crippen LogP contribution in [0, 0.1) is 6.92 Å². The van der Waals surface area contributed by atoms with Gasteiger partial charge in [-0.1, -0.05) is 6.07 Å². The first-order chi connectivity index (χ1) is 10.6. The Labute approximate surface area is 128 Å². The molecule has 2 aromatic carbocycles. The molecular weight excluding hydrogens is 276 g/mol. The highest BCUT2D eigenvalue weighted by molar-refractivity contribution is 5.86. The number of carbonyl (C=O) groups is 1. The van der Waals surface area contributed by atoms with E-state index in [4.69, 9.17) is 4.74 Å². The van der Waals surface area contributed by atoms with Crippen molar-refractivity contribution in [1.29, 1.82) is 0 Å². The third-order valence-electron chi connectivity index (χ3n) is 4.29. The topological polar surface area (TPSA) is 44.1 Å². The van der Waals surface area contributed by atoms with Crippen molar-refractivity contribution in [2.75, 3.05) is 0 Å². The summed E-state index contributed by atoms with van der Waals surface area (Å²) in [6.07, 6.45) is 3.09. The number of fused-ring (bicyclic) bond motifs is 2. The van der Waals surface area contributed by atoms with Gasteiger partial charge in [-0.3, -0.25) is 9.48 Å². The van der Waals surface area contributed by atoms with Crippen molar-refractivity contribution in [1.82, 2.24) is 9.78 Å². The second-order valence-electron chi connectivity index (χ2n) is 5.79. The zero-order valence-corrected chi connectivity index (χ0v) is 12.6. The van der Waals surface area contributed by atoms with Gasteiger partial charge in [0.1, 0.15) is 5.75 Å². The van der Waals surface area contributed by atoms with Crippen molar-refractivity contribution in [3.8, 4) is 16.9 Å². The normalized spacial score (nSPS) is 14.0. The van der Waals surface area contributed by atoms with Crippen molar-refractivity contribution >= 4 is 16.9 Å². The largest absolute Gasteiger partial charge is 0.426 e. The standard InChI is InChI=1S/C18H16N2O2/c1-11-7-17-13(4-6-18(21)22-17)9-15(11)12-3-5-16-14(8-12)10-19-20(16)2/h3,5,7-10H,4,6H2,1-2H3. The molecule has 0 N–H and O–H groups in total. The summed E-state index contributed by atoms with van der Waals surface area (Å²) in [6.45, 7) is 2.05. The average Bonchev–Trinajstić information content (AvgIpc) is 2.87. The molecule has 0 spiro atoms. The smallest absolute Gasteiger partial charge is 0.311 e. The zero-order valence-electron chi connectivity index (χ0n) is 12.6. The monoisotopic (exact) mass is 292 g/mol. The molecule has 110 valence electrons. The number of esters is 1. The lowest BCUT2D eigenvalue weighted by molar-refractivity contribution is -0.135. The van der Waals surface area contributed by atoms with Crippen molar-refractivity contribution in [2.45, 2.75) is 19.8 Å². The second-order valence-corrected chi connectivity index (χ2v) is 5.79. The quantitative estimate of drug-likeness (QED) is 0.510. The summed E-state index contributed by atoms with van der Waals surface area (Å²) in [6, 6.07) is 10.5. The Morgan fingerprint density at radius 2 is 2.05 bits per heavy atom. The molecule has 0 radical (unpaired) electrons. The van der Waals surface area contributed by atoms with E-state index < -0.39 is 0 Å². The molecule has 0 unspecified atom stereocenters. The molecule has 0 aliphatic carbocycles. The Morgan fingerprint density at radius 1 is 1.18 bits per heavy atom. The SMILES string of the molecule is Cc1cc2c(cc1-c1ccc3c(cnn3C)c1)CCC(=O)O2. The van der Waals surface area contributed by atoms with Crippen LogP contribution < -0.4 is 4.74 Å². The van der Waals surface area contributed by atoms with E-state index in [-0.39, 0.29) is 5.97 Å². The number of hydrogen-bond acceptors (Lipinski definition) is 3. The van der Waals surface area contributed by atoms with Gasteiger partial charge in [-0.15, -0.1) is 0 Å². The summed E-state index contributed by atoms with van der Waals surface area (Å²) >= 11 is 0. The third-order valence-corrected chi connectivity index (χ3v) is 4.29. The lowest BCUT2D eigenvalue weighted by Gasteiger charge is -2.18. The average molecular weight is 292 g/mol. The van der Waals surface area contributed by atoms with Gasteiger partial charge in [0, 0.05) is 12.4 Å². The first kappa shape index (κ1) is 13.1. The van der Waals surface area contributed by atoms with E-state index in [1.54, 1.807) is 0 Å². The lowest BCUT2D eigenvalue weighted by atomic mass is 9.94. The summed E-state index contributed by atoms with van der Waals surface area (Å²) in [5.74, 6) is 0.566. The van der Waals surface area contributed by atoms with Crippen LogP contribution in [0.4, 0.5) is 0 Å². The summed E-state index contributed by atoms with van der Waals surface area (Å²) in [5.41, 5.74) is 5.68. The molecule has 0 bridgehead atoms. The molecule has 1 aliphatic rings. The van der Waals surface area contributed by atoms with Crippen LogP contribution in [0.1, 0.15) is 17.5 Å². The minimum atomic E-state index is -0.142. The number of aryl methyl sites for hydroxylation is 3. The molecule has 1 aliphatic heterocycles. The maximum atomic E-state index is 11.4. The van der Waals surface area contributed by atoms with Gasteiger partial charge in [0.15, 0.2) is 0 Å². The summed E-state index contributed by atoms with van der Waals surface area (Å²) < 4.78 is 7.20. The fourth-order valence-electron chi connectivity index (χ4n) is 3.07. The van der Waals surface area contributed by atoms with Crippen molar-refractivity contribution in [3.05, 3.63) is 47.7 Å². The predicted octanol–water partition coefficient (Wildman–Crippen LogP) is 3.40. The molecule has 2 heterocycles. The zero-order chi connectivity index (χ0) is 15.3. The van der Waals surface area contributed by atoms with Crippen LogP contribution in [0.15, 0.2) is 36.5 Å². The van der Waals surface area contributed by atoms with Gasteiger partial charge in [-0.2, -0.15) is 5.10 Å². The number of aromatic nitrogens is 2. The van der Waals surface area contributed by atoms with E-state index in [9.17, 15) is 4.79 Å². The predicted molar refractivity (Wildman–Crippen MR) is 84.8 cm³/mol. The van der Waals surface area contributed by atoms with Gasteiger partial charge < -0.3 is 4.74 Å². The van der Waals surface area contributed by atoms with Crippen LogP contribution >= 0.6 is 0 Å². The number of hydrogen-bond donors (Lipinski definition) is 0. The van der Waals surface area contributed by atoms with Crippen LogP contribution in [0.2, 0.25) is 0 Å². The Kier molecular flexibility index (Phi) is 2.79. The number of carbonyl (C=O) groups excluding carboxylic acids is 1. The number of benzene rings is 2. The Morgan fingerprint density at radius 3 is 2.91 bits per heavy atom. The van der Waals surface area contributed by atoms with Gasteiger partial charge in [-0.25, -0.2) is 0 Å². The third kappa shape index (κ3) is 1.99. The summed E-state index contributed by atoms with van der Waals surface area (Å²) in [4.78, 5) is 11.4. The summed E-state index contributed by atoms with van der Waals surface area (Å²) in [7, 11) is 1.94. The van der Waals surface area contributed by atoms with Gasteiger partial charge in [0.05, 0.1) is 18.1 Å². The molecule has 0 atom stereocenters. The van der Waals surface area contributed by atoms with Gasteiger partial charge >= 0.3 is 5.97 Å². The second kappa shape index (κ2) is 4.70. The Bertz CT molecular complexity index is 909. The molecule has 4 nitrogen and oxygen atoms in total. The van der Waals surface area contributed by atoms with Crippen molar-refractivity contribution in [2.24, 2.45) is 7.05 Å². The fourth-order valence-corrected chi connectivity index (χ4v) is 3.07. The molecule has 22 heavy (non-hydrogen) atoms. The number of rotatable bonds is 1. The Hall–Kier alpha value is -2.62. The van der Waals surface area contributed by atoms with Crippen LogP contribution in [0.5, 0.6) is 5.75 Å². The maximum absolute atomic E-state index is 11.4. The van der Waals surface area contributed by atoms with Crippen LogP contribution in [-0.4, -0.2) is 15.7 Å². The van der Waals surface area contributed by atoms with E-state index in [2.05, 4.69) is 29.4 Å². The molecule has 0 amide bonds.